The number of hydrazone groups is 1. The van der Waals surface area contributed by atoms with Gasteiger partial charge in [0.25, 0.3) is 0 Å². The molecule has 1 aliphatic rings. The van der Waals surface area contributed by atoms with E-state index in [9.17, 15) is 0 Å². The van der Waals surface area contributed by atoms with Gasteiger partial charge in [-0.25, -0.2) is 0 Å². The zero-order valence-corrected chi connectivity index (χ0v) is 7.01. The summed E-state index contributed by atoms with van der Waals surface area (Å²) >= 11 is 1.77. The number of thioether (sulfide) groups is 1. The Morgan fingerprint density at radius 2 is 2.50 bits per heavy atom. The zero-order chi connectivity index (χ0) is 7.40. The van der Waals surface area contributed by atoms with E-state index < -0.39 is 0 Å². The number of hydrogen-bond donors (Lipinski definition) is 0. The molecule has 0 fully saturated rings. The molecule has 0 unspecified atom stereocenters. The van der Waals surface area contributed by atoms with Crippen LogP contribution in [0.4, 0.5) is 0 Å². The molecule has 0 aliphatic carbocycles. The highest BCUT2D eigenvalue weighted by atomic mass is 32.2. The third-order valence-electron chi connectivity index (χ3n) is 1.00. The number of rotatable bonds is 2. The summed E-state index contributed by atoms with van der Waals surface area (Å²) in [5.74, 6) is 0.983. The molecule has 10 heavy (non-hydrogen) atoms. The quantitative estimate of drug-likeness (QED) is 0.338. The molecule has 0 radical (unpaired) electrons. The highest BCUT2D eigenvalue weighted by molar-refractivity contribution is 8.02. The van der Waals surface area contributed by atoms with Gasteiger partial charge in [-0.2, -0.15) is 5.10 Å². The molecular weight excluding hydrogens is 146 g/mol. The van der Waals surface area contributed by atoms with Crippen molar-refractivity contribution >= 4 is 18.1 Å². The van der Waals surface area contributed by atoms with Gasteiger partial charge in [-0.1, -0.05) is 0 Å². The van der Waals surface area contributed by atoms with Crippen LogP contribution in [0.15, 0.2) is 16.7 Å². The van der Waals surface area contributed by atoms with E-state index in [4.69, 9.17) is 0 Å². The van der Waals surface area contributed by atoms with E-state index in [0.29, 0.717) is 0 Å². The summed E-state index contributed by atoms with van der Waals surface area (Å²) < 4.78 is 0. The molecule has 0 aromatic rings. The Bertz CT molecular complexity index is 153. The van der Waals surface area contributed by atoms with Crippen molar-refractivity contribution in [3.63, 3.8) is 0 Å². The zero-order valence-electron chi connectivity index (χ0n) is 6.19. The lowest BCUT2D eigenvalue weighted by Crippen LogP contribution is -2.13. The molecule has 0 bridgehead atoms. The van der Waals surface area contributed by atoms with Crippen LogP contribution >= 0.6 is 11.8 Å². The Labute approximate surface area is 65.4 Å². The third kappa shape index (κ3) is 2.31. The lowest BCUT2D eigenvalue weighted by molar-refractivity contribution is 0.432. The van der Waals surface area contributed by atoms with Gasteiger partial charge in [0, 0.05) is 20.3 Å². The highest BCUT2D eigenvalue weighted by Gasteiger charge is 1.99. The fourth-order valence-electron chi connectivity index (χ4n) is 0.535. The first-order valence-corrected chi connectivity index (χ1v) is 4.09. The second-order valence-corrected chi connectivity index (χ2v) is 3.04. The molecule has 1 heterocycles. The maximum absolute atomic E-state index is 4.08. The molecular formula is C6H11N3S. The van der Waals surface area contributed by atoms with E-state index in [-0.39, 0.29) is 0 Å². The molecule has 0 saturated heterocycles. The van der Waals surface area contributed by atoms with Gasteiger partial charge in [0.15, 0.2) is 0 Å². The van der Waals surface area contributed by atoms with Gasteiger partial charge >= 0.3 is 0 Å². The molecule has 3 nitrogen and oxygen atoms in total. The summed E-state index contributed by atoms with van der Waals surface area (Å²) in [4.78, 5) is 2.03. The Morgan fingerprint density at radius 3 is 3.00 bits per heavy atom. The number of hydrogen-bond acceptors (Lipinski definition) is 3. The predicted octanol–water partition coefficient (Wildman–Crippen LogP) is 0.969. The van der Waals surface area contributed by atoms with Crippen LogP contribution in [0.1, 0.15) is 0 Å². The fourth-order valence-corrected chi connectivity index (χ4v) is 1.19. The lowest BCUT2D eigenvalue weighted by atomic mass is 10.8. The van der Waals surface area contributed by atoms with Crippen molar-refractivity contribution in [1.82, 2.24) is 9.91 Å². The van der Waals surface area contributed by atoms with Gasteiger partial charge in [-0.15, -0.1) is 11.8 Å². The van der Waals surface area contributed by atoms with E-state index in [1.807, 2.05) is 31.5 Å². The first kappa shape index (κ1) is 7.47. The smallest absolute Gasteiger partial charge is 0.116 e. The van der Waals surface area contributed by atoms with Crippen LogP contribution in [0.3, 0.4) is 0 Å². The van der Waals surface area contributed by atoms with E-state index in [1.165, 1.54) is 0 Å². The van der Waals surface area contributed by atoms with Gasteiger partial charge in [0.1, 0.15) is 6.34 Å². The summed E-state index contributed by atoms with van der Waals surface area (Å²) in [6.45, 7) is 0. The van der Waals surface area contributed by atoms with Gasteiger partial charge < -0.3 is 9.91 Å². The molecule has 0 amide bonds. The molecule has 0 spiro atoms. The molecule has 0 N–H and O–H groups in total. The van der Waals surface area contributed by atoms with Crippen LogP contribution in [-0.2, 0) is 0 Å². The number of nitrogens with zero attached hydrogens (tertiary/aromatic N) is 3. The van der Waals surface area contributed by atoms with E-state index in [1.54, 1.807) is 16.8 Å². The van der Waals surface area contributed by atoms with E-state index in [2.05, 4.69) is 10.5 Å². The van der Waals surface area contributed by atoms with Crippen molar-refractivity contribution in [2.75, 3.05) is 20.0 Å². The van der Waals surface area contributed by atoms with Crippen LogP contribution in [-0.4, -0.2) is 36.2 Å². The minimum Gasteiger partial charge on any atom is -0.327 e. The maximum Gasteiger partial charge on any atom is 0.116 e. The molecule has 56 valence electrons. The van der Waals surface area contributed by atoms with Gasteiger partial charge in [0.2, 0.25) is 0 Å². The Morgan fingerprint density at radius 1 is 1.70 bits per heavy atom. The van der Waals surface area contributed by atoms with Crippen LogP contribution in [0.5, 0.6) is 0 Å². The van der Waals surface area contributed by atoms with Crippen molar-refractivity contribution in [2.45, 2.75) is 0 Å². The van der Waals surface area contributed by atoms with E-state index in [0.717, 1.165) is 5.88 Å². The highest BCUT2D eigenvalue weighted by Crippen LogP contribution is 2.12. The maximum atomic E-state index is 4.08. The largest absolute Gasteiger partial charge is 0.327 e. The summed E-state index contributed by atoms with van der Waals surface area (Å²) in [7, 11) is 3.81. The van der Waals surface area contributed by atoms with Gasteiger partial charge in [-0.05, 0) is 5.41 Å². The summed E-state index contributed by atoms with van der Waals surface area (Å²) in [5.41, 5.74) is 0. The van der Waals surface area contributed by atoms with Crippen molar-refractivity contribution in [3.8, 4) is 0 Å². The Balaban J connectivity index is 2.30. The second kappa shape index (κ2) is 3.51. The van der Waals surface area contributed by atoms with Crippen LogP contribution in [0.25, 0.3) is 0 Å². The molecule has 0 aromatic carbocycles. The average Bonchev–Trinajstić information content (AvgIpc) is 2.34. The van der Waals surface area contributed by atoms with Crippen molar-refractivity contribution in [1.29, 1.82) is 0 Å². The average molecular weight is 157 g/mol. The minimum absolute atomic E-state index is 0.983. The second-order valence-electron chi connectivity index (χ2n) is 2.17. The molecule has 1 aliphatic heterocycles. The normalized spacial score (nSPS) is 17.2. The standard InChI is InChI=1S/C6H11N3S/c1-8(2)7-5-9-3-4-10-6-9/h3-5H,6H2,1-2H3. The Hall–Kier alpha value is -0.640. The minimum atomic E-state index is 0.983. The van der Waals surface area contributed by atoms with Crippen LogP contribution in [0, 0.1) is 0 Å². The van der Waals surface area contributed by atoms with Crippen molar-refractivity contribution in [2.24, 2.45) is 5.10 Å². The lowest BCUT2D eigenvalue weighted by Gasteiger charge is -2.08. The summed E-state index contributed by atoms with van der Waals surface area (Å²) in [6.07, 6.45) is 3.83. The predicted molar refractivity (Wildman–Crippen MR) is 45.6 cm³/mol. The monoisotopic (exact) mass is 157 g/mol. The summed E-state index contributed by atoms with van der Waals surface area (Å²) in [5, 5.41) is 7.91. The summed E-state index contributed by atoms with van der Waals surface area (Å²) in [6, 6.07) is 0. The van der Waals surface area contributed by atoms with Crippen molar-refractivity contribution in [3.05, 3.63) is 11.6 Å². The molecule has 4 heteroatoms. The van der Waals surface area contributed by atoms with Crippen LogP contribution in [0.2, 0.25) is 0 Å². The Kier molecular flexibility index (Phi) is 2.62. The molecule has 0 aromatic heterocycles. The van der Waals surface area contributed by atoms with Gasteiger partial charge in [-0.3, -0.25) is 0 Å². The van der Waals surface area contributed by atoms with Crippen molar-refractivity contribution < 1.29 is 0 Å². The van der Waals surface area contributed by atoms with E-state index >= 15 is 0 Å². The molecule has 1 rings (SSSR count). The topological polar surface area (TPSA) is 18.8 Å². The van der Waals surface area contributed by atoms with Crippen LogP contribution < -0.4 is 0 Å². The molecule has 0 atom stereocenters. The fraction of sp³-hybridized carbons (Fsp3) is 0.500. The third-order valence-corrected chi connectivity index (χ3v) is 1.76. The van der Waals surface area contributed by atoms with Gasteiger partial charge in [0.05, 0.1) is 5.88 Å². The molecule has 0 saturated carbocycles. The first-order valence-electron chi connectivity index (χ1n) is 3.04. The SMILES string of the molecule is CN(C)N=CN1C=CSC1. The first-order chi connectivity index (χ1) is 4.79.